The molecule has 0 aliphatic carbocycles. The van der Waals surface area contributed by atoms with Crippen molar-refractivity contribution >= 4 is 35.0 Å². The van der Waals surface area contributed by atoms with Gasteiger partial charge in [0.25, 0.3) is 0 Å². The molecular formula is C7H3Cl2N5S. The first-order valence-electron chi connectivity index (χ1n) is 3.75. The lowest BCUT2D eigenvalue weighted by Gasteiger charge is -1.99. The SMILES string of the molecule is Clc1nnc(Cl)c(Sc2cnccn2)n1. The number of aromatic nitrogens is 5. The van der Waals surface area contributed by atoms with Gasteiger partial charge in [0.2, 0.25) is 5.28 Å². The standard InChI is InChI=1S/C7H3Cl2N5S/c8-5-6(12-7(9)14-13-5)15-4-3-10-1-2-11-4/h1-3H. The summed E-state index contributed by atoms with van der Waals surface area (Å²) in [6, 6.07) is 0. The van der Waals surface area contributed by atoms with Gasteiger partial charge in [-0.3, -0.25) is 4.98 Å². The molecule has 0 saturated carbocycles. The Morgan fingerprint density at radius 1 is 1.13 bits per heavy atom. The van der Waals surface area contributed by atoms with E-state index in [-0.39, 0.29) is 10.4 Å². The molecule has 2 rings (SSSR count). The molecule has 2 aromatic heterocycles. The molecule has 0 amide bonds. The van der Waals surface area contributed by atoms with Gasteiger partial charge in [0.05, 0.1) is 6.20 Å². The number of nitrogens with zero attached hydrogens (tertiary/aromatic N) is 5. The van der Waals surface area contributed by atoms with Crippen LogP contribution >= 0.6 is 35.0 Å². The highest BCUT2D eigenvalue weighted by Crippen LogP contribution is 2.28. The zero-order valence-corrected chi connectivity index (χ0v) is 9.46. The molecule has 0 aromatic carbocycles. The second-order valence-electron chi connectivity index (χ2n) is 2.32. The van der Waals surface area contributed by atoms with Crippen LogP contribution in [-0.2, 0) is 0 Å². The second kappa shape index (κ2) is 4.69. The minimum Gasteiger partial charge on any atom is -0.260 e. The number of hydrogen-bond donors (Lipinski definition) is 0. The fourth-order valence-corrected chi connectivity index (χ4v) is 1.83. The van der Waals surface area contributed by atoms with Crippen LogP contribution in [0.2, 0.25) is 10.4 Å². The van der Waals surface area contributed by atoms with E-state index < -0.39 is 0 Å². The smallest absolute Gasteiger partial charge is 0.244 e. The Bertz CT molecular complexity index is 466. The quantitative estimate of drug-likeness (QED) is 0.824. The summed E-state index contributed by atoms with van der Waals surface area (Å²) < 4.78 is 0. The zero-order chi connectivity index (χ0) is 10.7. The van der Waals surface area contributed by atoms with Crippen molar-refractivity contribution in [3.8, 4) is 0 Å². The highest BCUT2D eigenvalue weighted by molar-refractivity contribution is 7.99. The summed E-state index contributed by atoms with van der Waals surface area (Å²) in [5.74, 6) is 0. The molecule has 0 spiro atoms. The molecule has 0 unspecified atom stereocenters. The predicted octanol–water partition coefficient (Wildman–Crippen LogP) is 2.12. The molecule has 0 aliphatic heterocycles. The monoisotopic (exact) mass is 259 g/mol. The second-order valence-corrected chi connectivity index (χ2v) is 4.03. The Kier molecular flexibility index (Phi) is 3.30. The fourth-order valence-electron chi connectivity index (χ4n) is 0.782. The molecule has 0 radical (unpaired) electrons. The van der Waals surface area contributed by atoms with E-state index >= 15 is 0 Å². The van der Waals surface area contributed by atoms with E-state index in [1.54, 1.807) is 18.6 Å². The van der Waals surface area contributed by atoms with Crippen molar-refractivity contribution in [3.63, 3.8) is 0 Å². The molecule has 5 nitrogen and oxygen atoms in total. The van der Waals surface area contributed by atoms with Crippen LogP contribution in [0.25, 0.3) is 0 Å². The molecule has 2 aromatic rings. The van der Waals surface area contributed by atoms with Crippen molar-refractivity contribution in [3.05, 3.63) is 29.0 Å². The third-order valence-electron chi connectivity index (χ3n) is 1.33. The molecule has 15 heavy (non-hydrogen) atoms. The molecule has 8 heteroatoms. The van der Waals surface area contributed by atoms with Gasteiger partial charge >= 0.3 is 0 Å². The van der Waals surface area contributed by atoms with Crippen molar-refractivity contribution in [1.82, 2.24) is 25.1 Å². The normalized spacial score (nSPS) is 10.3. The van der Waals surface area contributed by atoms with Gasteiger partial charge < -0.3 is 0 Å². The average Bonchev–Trinajstić information content (AvgIpc) is 2.25. The summed E-state index contributed by atoms with van der Waals surface area (Å²) in [6.07, 6.45) is 4.75. The summed E-state index contributed by atoms with van der Waals surface area (Å²) in [7, 11) is 0. The van der Waals surface area contributed by atoms with Crippen molar-refractivity contribution in [2.24, 2.45) is 0 Å². The van der Waals surface area contributed by atoms with E-state index in [1.165, 1.54) is 11.8 Å². The number of halogens is 2. The lowest BCUT2D eigenvalue weighted by atomic mass is 10.8. The topological polar surface area (TPSA) is 64.5 Å². The Morgan fingerprint density at radius 3 is 2.73 bits per heavy atom. The van der Waals surface area contributed by atoms with Gasteiger partial charge in [-0.1, -0.05) is 11.6 Å². The first-order chi connectivity index (χ1) is 7.25. The maximum absolute atomic E-state index is 5.78. The summed E-state index contributed by atoms with van der Waals surface area (Å²) >= 11 is 12.6. The van der Waals surface area contributed by atoms with Crippen LogP contribution in [0.15, 0.2) is 28.6 Å². The van der Waals surface area contributed by atoms with Crippen LogP contribution in [0.1, 0.15) is 0 Å². The van der Waals surface area contributed by atoms with Crippen molar-refractivity contribution in [1.29, 1.82) is 0 Å². The van der Waals surface area contributed by atoms with Crippen LogP contribution in [-0.4, -0.2) is 25.1 Å². The van der Waals surface area contributed by atoms with Crippen molar-refractivity contribution in [2.75, 3.05) is 0 Å². The zero-order valence-electron chi connectivity index (χ0n) is 7.13. The van der Waals surface area contributed by atoms with Crippen molar-refractivity contribution in [2.45, 2.75) is 10.1 Å². The lowest BCUT2D eigenvalue weighted by Crippen LogP contribution is -1.92. The van der Waals surface area contributed by atoms with Gasteiger partial charge in [-0.2, -0.15) is 0 Å². The average molecular weight is 260 g/mol. The van der Waals surface area contributed by atoms with E-state index in [9.17, 15) is 0 Å². The summed E-state index contributed by atoms with van der Waals surface area (Å²) in [4.78, 5) is 11.9. The summed E-state index contributed by atoms with van der Waals surface area (Å²) in [5.41, 5.74) is 0. The van der Waals surface area contributed by atoms with Crippen LogP contribution in [0.4, 0.5) is 0 Å². The highest BCUT2D eigenvalue weighted by atomic mass is 35.5. The summed E-state index contributed by atoms with van der Waals surface area (Å²) in [6.45, 7) is 0. The number of rotatable bonds is 2. The minimum atomic E-state index is 0.0470. The predicted molar refractivity (Wildman–Crippen MR) is 56.0 cm³/mol. The molecule has 76 valence electrons. The molecule has 0 N–H and O–H groups in total. The molecular weight excluding hydrogens is 257 g/mol. The molecule has 0 bridgehead atoms. The Balaban J connectivity index is 2.28. The van der Waals surface area contributed by atoms with Crippen molar-refractivity contribution < 1.29 is 0 Å². The third kappa shape index (κ3) is 2.74. The van der Waals surface area contributed by atoms with Crippen LogP contribution in [0, 0.1) is 0 Å². The van der Waals surface area contributed by atoms with E-state index in [0.717, 1.165) is 0 Å². The molecule has 0 atom stereocenters. The van der Waals surface area contributed by atoms with Gasteiger partial charge in [0, 0.05) is 12.4 Å². The van der Waals surface area contributed by atoms with E-state index in [2.05, 4.69) is 25.1 Å². The molecule has 0 aliphatic rings. The molecule has 0 fully saturated rings. The first-order valence-corrected chi connectivity index (χ1v) is 5.32. The molecule has 0 saturated heterocycles. The Labute approximate surface area is 99.3 Å². The van der Waals surface area contributed by atoms with Crippen LogP contribution < -0.4 is 0 Å². The van der Waals surface area contributed by atoms with Gasteiger partial charge in [-0.15, -0.1) is 10.2 Å². The van der Waals surface area contributed by atoms with Gasteiger partial charge in [0.1, 0.15) is 10.1 Å². The molecule has 2 heterocycles. The van der Waals surface area contributed by atoms with Gasteiger partial charge in [-0.05, 0) is 23.4 Å². The summed E-state index contributed by atoms with van der Waals surface area (Å²) in [5, 5.41) is 8.49. The highest BCUT2D eigenvalue weighted by Gasteiger charge is 2.08. The lowest BCUT2D eigenvalue weighted by molar-refractivity contribution is 0.902. The maximum Gasteiger partial charge on any atom is 0.244 e. The third-order valence-corrected chi connectivity index (χ3v) is 2.76. The van der Waals surface area contributed by atoms with E-state index in [0.29, 0.717) is 10.1 Å². The first kappa shape index (κ1) is 10.5. The number of hydrogen-bond acceptors (Lipinski definition) is 6. The Morgan fingerprint density at radius 2 is 2.00 bits per heavy atom. The largest absolute Gasteiger partial charge is 0.260 e. The van der Waals surface area contributed by atoms with Gasteiger partial charge in [-0.25, -0.2) is 9.97 Å². The maximum atomic E-state index is 5.78. The minimum absolute atomic E-state index is 0.0470. The Hall–Kier alpha value is -0.980. The fraction of sp³-hybridized carbons (Fsp3) is 0. The van der Waals surface area contributed by atoms with Gasteiger partial charge in [0.15, 0.2) is 5.15 Å². The van der Waals surface area contributed by atoms with Crippen LogP contribution in [0.5, 0.6) is 0 Å². The van der Waals surface area contributed by atoms with E-state index in [4.69, 9.17) is 23.2 Å². The van der Waals surface area contributed by atoms with Crippen LogP contribution in [0.3, 0.4) is 0 Å². The van der Waals surface area contributed by atoms with E-state index in [1.807, 2.05) is 0 Å².